The molecule has 37 heavy (non-hydrogen) atoms. The van der Waals surface area contributed by atoms with Crippen molar-refractivity contribution < 1.29 is 14.3 Å². The van der Waals surface area contributed by atoms with Crippen LogP contribution >= 0.6 is 0 Å². The van der Waals surface area contributed by atoms with Crippen LogP contribution in [0.15, 0.2) is 54.6 Å². The summed E-state index contributed by atoms with van der Waals surface area (Å²) in [6, 6.07) is 18.0. The molecular weight excluding hydrogens is 456 g/mol. The van der Waals surface area contributed by atoms with Gasteiger partial charge in [-0.1, -0.05) is 83.0 Å². The molecule has 0 aliphatic carbocycles. The van der Waals surface area contributed by atoms with Crippen molar-refractivity contribution in [3.63, 3.8) is 0 Å². The predicted octanol–water partition coefficient (Wildman–Crippen LogP) is 9.20. The summed E-state index contributed by atoms with van der Waals surface area (Å²) in [6.07, 6.45) is 4.31. The smallest absolute Gasteiger partial charge is 0.343 e. The Morgan fingerprint density at radius 3 is 1.57 bits per heavy atom. The molecule has 0 bridgehead atoms. The minimum atomic E-state index is -0.334. The molecule has 0 amide bonds. The highest BCUT2D eigenvalue weighted by Gasteiger charge is 2.29. The second-order valence-corrected chi connectivity index (χ2v) is 11.3. The van der Waals surface area contributed by atoms with Crippen molar-refractivity contribution in [1.82, 2.24) is 0 Å². The van der Waals surface area contributed by atoms with Gasteiger partial charge in [0.15, 0.2) is 0 Å². The van der Waals surface area contributed by atoms with Crippen molar-refractivity contribution in [2.45, 2.75) is 99.0 Å². The maximum Gasteiger partial charge on any atom is 0.343 e. The Bertz CT molecular complexity index is 1190. The topological polar surface area (TPSA) is 35.5 Å². The lowest BCUT2D eigenvalue weighted by atomic mass is 9.76. The number of rotatable bonds is 10. The van der Waals surface area contributed by atoms with Crippen LogP contribution in [0.5, 0.6) is 11.5 Å². The van der Waals surface area contributed by atoms with Gasteiger partial charge in [-0.3, -0.25) is 0 Å². The van der Waals surface area contributed by atoms with Gasteiger partial charge in [0.25, 0.3) is 0 Å². The minimum absolute atomic E-state index is 0.142. The fourth-order valence-electron chi connectivity index (χ4n) is 5.37. The van der Waals surface area contributed by atoms with E-state index in [2.05, 4.69) is 72.7 Å². The zero-order valence-corrected chi connectivity index (χ0v) is 24.2. The molecule has 0 spiro atoms. The molecule has 0 saturated heterocycles. The lowest BCUT2D eigenvalue weighted by molar-refractivity contribution is 0.0664. The fourth-order valence-corrected chi connectivity index (χ4v) is 5.37. The Labute approximate surface area is 224 Å². The van der Waals surface area contributed by atoms with E-state index in [1.807, 2.05) is 32.0 Å². The van der Waals surface area contributed by atoms with Gasteiger partial charge in [0.1, 0.15) is 17.1 Å². The molecule has 0 aliphatic rings. The molecule has 0 heterocycles. The van der Waals surface area contributed by atoms with Crippen molar-refractivity contribution >= 4 is 5.97 Å². The summed E-state index contributed by atoms with van der Waals surface area (Å²) in [5, 5.41) is 0. The van der Waals surface area contributed by atoms with Gasteiger partial charge in [-0.2, -0.15) is 0 Å². The number of benzene rings is 3. The van der Waals surface area contributed by atoms with Gasteiger partial charge in [-0.05, 0) is 93.0 Å². The third-order valence-electron chi connectivity index (χ3n) is 7.47. The van der Waals surface area contributed by atoms with Gasteiger partial charge in [-0.15, -0.1) is 0 Å². The molecule has 0 aliphatic heterocycles. The molecule has 0 atom stereocenters. The maximum absolute atomic E-state index is 12.7. The molecule has 3 rings (SSSR count). The molecule has 0 N–H and O–H groups in total. The number of hydrogen-bond donors (Lipinski definition) is 0. The van der Waals surface area contributed by atoms with E-state index in [-0.39, 0.29) is 17.0 Å². The molecule has 3 aromatic rings. The quantitative estimate of drug-likeness (QED) is 0.206. The number of aryl methyl sites for hydroxylation is 4. The second-order valence-electron chi connectivity index (χ2n) is 11.3. The van der Waals surface area contributed by atoms with E-state index in [1.165, 1.54) is 22.3 Å². The summed E-state index contributed by atoms with van der Waals surface area (Å²) in [4.78, 5) is 12.7. The summed E-state index contributed by atoms with van der Waals surface area (Å²) in [5.41, 5.74) is 6.86. The van der Waals surface area contributed by atoms with E-state index in [0.717, 1.165) is 42.6 Å². The van der Waals surface area contributed by atoms with Crippen LogP contribution in [-0.4, -0.2) is 11.6 Å². The Morgan fingerprint density at radius 2 is 1.14 bits per heavy atom. The van der Waals surface area contributed by atoms with Gasteiger partial charge in [-0.25, -0.2) is 4.79 Å². The first-order chi connectivity index (χ1) is 17.4. The monoisotopic (exact) mass is 500 g/mol. The zero-order valence-electron chi connectivity index (χ0n) is 24.2. The van der Waals surface area contributed by atoms with E-state index in [9.17, 15) is 4.79 Å². The fraction of sp³-hybridized carbons (Fsp3) is 0.441. The molecule has 0 aromatic heterocycles. The van der Waals surface area contributed by atoms with E-state index >= 15 is 0 Å². The highest BCUT2D eigenvalue weighted by molar-refractivity contribution is 5.91. The van der Waals surface area contributed by atoms with Crippen LogP contribution in [0.2, 0.25) is 0 Å². The highest BCUT2D eigenvalue weighted by atomic mass is 16.5. The van der Waals surface area contributed by atoms with E-state index in [1.54, 1.807) is 12.1 Å². The van der Waals surface area contributed by atoms with Gasteiger partial charge in [0.05, 0.1) is 5.56 Å². The summed E-state index contributed by atoms with van der Waals surface area (Å²) in [6.45, 7) is 19.5. The van der Waals surface area contributed by atoms with Crippen LogP contribution in [-0.2, 0) is 5.41 Å². The standard InChI is InChI=1S/C34H44O3/c1-10-17-34(9,18-11-2)37-31-25(5)21-29(22-26(31)6)33(7,8)28-19-23(3)30(24(4)20-28)36-32(35)27-15-13-12-14-16-27/h12-16,19-22H,10-11,17-18H2,1-9H3. The highest BCUT2D eigenvalue weighted by Crippen LogP contribution is 2.40. The largest absolute Gasteiger partial charge is 0.487 e. The van der Waals surface area contributed by atoms with E-state index in [0.29, 0.717) is 11.3 Å². The van der Waals surface area contributed by atoms with Crippen LogP contribution < -0.4 is 9.47 Å². The van der Waals surface area contributed by atoms with Gasteiger partial charge in [0, 0.05) is 5.41 Å². The van der Waals surface area contributed by atoms with Crippen LogP contribution in [0, 0.1) is 27.7 Å². The predicted molar refractivity (Wildman–Crippen MR) is 154 cm³/mol. The lowest BCUT2D eigenvalue weighted by Crippen LogP contribution is -2.32. The zero-order chi connectivity index (χ0) is 27.4. The first kappa shape index (κ1) is 28.5. The third-order valence-corrected chi connectivity index (χ3v) is 7.47. The Hall–Kier alpha value is -3.07. The third kappa shape index (κ3) is 6.44. The number of carbonyl (C=O) groups excluding carboxylic acids is 1. The molecule has 0 radical (unpaired) electrons. The average Bonchev–Trinajstić information content (AvgIpc) is 2.84. The van der Waals surface area contributed by atoms with E-state index in [4.69, 9.17) is 9.47 Å². The molecule has 3 aromatic carbocycles. The number of carbonyl (C=O) groups is 1. The molecule has 198 valence electrons. The summed E-state index contributed by atoms with van der Waals surface area (Å²) >= 11 is 0. The van der Waals surface area contributed by atoms with Crippen molar-refractivity contribution in [2.75, 3.05) is 0 Å². The minimum Gasteiger partial charge on any atom is -0.487 e. The number of hydrogen-bond acceptors (Lipinski definition) is 3. The Morgan fingerprint density at radius 1 is 0.703 bits per heavy atom. The van der Waals surface area contributed by atoms with Crippen molar-refractivity contribution in [3.8, 4) is 11.5 Å². The molecule has 0 fully saturated rings. The molecule has 0 saturated carbocycles. The maximum atomic E-state index is 12.7. The Kier molecular flexibility index (Phi) is 8.89. The number of ether oxygens (including phenoxy) is 2. The first-order valence-corrected chi connectivity index (χ1v) is 13.6. The SMILES string of the molecule is CCCC(C)(CCC)Oc1c(C)cc(C(C)(C)c2cc(C)c(OC(=O)c3ccccc3)c(C)c2)cc1C. The summed E-state index contributed by atoms with van der Waals surface area (Å²) < 4.78 is 12.5. The Balaban J connectivity index is 1.92. The van der Waals surface area contributed by atoms with Gasteiger partial charge in [0.2, 0.25) is 0 Å². The van der Waals surface area contributed by atoms with Gasteiger partial charge >= 0.3 is 5.97 Å². The average molecular weight is 501 g/mol. The van der Waals surface area contributed by atoms with Crippen molar-refractivity contribution in [1.29, 1.82) is 0 Å². The summed E-state index contributed by atoms with van der Waals surface area (Å²) in [5.74, 6) is 1.31. The van der Waals surface area contributed by atoms with E-state index < -0.39 is 0 Å². The van der Waals surface area contributed by atoms with Crippen molar-refractivity contribution in [3.05, 3.63) is 93.5 Å². The molecule has 3 nitrogen and oxygen atoms in total. The van der Waals surface area contributed by atoms with Crippen LogP contribution in [0.4, 0.5) is 0 Å². The van der Waals surface area contributed by atoms with Crippen molar-refractivity contribution in [2.24, 2.45) is 0 Å². The normalized spacial score (nSPS) is 11.9. The number of esters is 1. The van der Waals surface area contributed by atoms with Crippen LogP contribution in [0.1, 0.15) is 104 Å². The van der Waals surface area contributed by atoms with Crippen LogP contribution in [0.25, 0.3) is 0 Å². The molecule has 0 unspecified atom stereocenters. The van der Waals surface area contributed by atoms with Gasteiger partial charge < -0.3 is 9.47 Å². The van der Waals surface area contributed by atoms with Crippen LogP contribution in [0.3, 0.4) is 0 Å². The molecule has 3 heteroatoms. The first-order valence-electron chi connectivity index (χ1n) is 13.6. The lowest BCUT2D eigenvalue weighted by Gasteiger charge is -2.33. The molecular formula is C34H44O3. The summed E-state index contributed by atoms with van der Waals surface area (Å²) in [7, 11) is 0. The second kappa shape index (κ2) is 11.5.